The van der Waals surface area contributed by atoms with Gasteiger partial charge in [0.25, 0.3) is 0 Å². The highest BCUT2D eigenvalue weighted by atomic mass is 16.2. The zero-order valence-electron chi connectivity index (χ0n) is 15.5. The fourth-order valence-electron chi connectivity index (χ4n) is 3.91. The van der Waals surface area contributed by atoms with Crippen molar-refractivity contribution in [3.05, 3.63) is 0 Å². The first-order valence-electron chi connectivity index (χ1n) is 9.30. The smallest absolute Gasteiger partial charge is 0.227 e. The third kappa shape index (κ3) is 4.48. The zero-order chi connectivity index (χ0) is 17.2. The van der Waals surface area contributed by atoms with Gasteiger partial charge in [0.05, 0.1) is 0 Å². The summed E-state index contributed by atoms with van der Waals surface area (Å²) in [5.74, 6) is 1.74. The predicted octanol–water partition coefficient (Wildman–Crippen LogP) is 3.21. The average Bonchev–Trinajstić information content (AvgIpc) is 2.50. The summed E-state index contributed by atoms with van der Waals surface area (Å²) in [4.78, 5) is 26.8. The first kappa shape index (κ1) is 18.3. The van der Waals surface area contributed by atoms with Crippen LogP contribution in [0.5, 0.6) is 0 Å². The molecule has 4 nitrogen and oxygen atoms in total. The Kier molecular flexibility index (Phi) is 5.74. The number of carbonyl (C=O) groups excluding carboxylic acids is 2. The van der Waals surface area contributed by atoms with Crippen LogP contribution in [0.1, 0.15) is 66.7 Å². The van der Waals surface area contributed by atoms with E-state index in [9.17, 15) is 9.59 Å². The summed E-state index contributed by atoms with van der Waals surface area (Å²) >= 11 is 0. The van der Waals surface area contributed by atoms with Crippen LogP contribution in [0.2, 0.25) is 0 Å². The van der Waals surface area contributed by atoms with Crippen LogP contribution in [-0.2, 0) is 9.59 Å². The molecule has 132 valence electrons. The van der Waals surface area contributed by atoms with Crippen LogP contribution in [0.15, 0.2) is 0 Å². The second-order valence-electron chi connectivity index (χ2n) is 8.70. The van der Waals surface area contributed by atoms with Crippen LogP contribution >= 0.6 is 0 Å². The standard InChI is InChI=1S/C19H34N2O2/c1-13-7-6-8-16(14(13)2)20-17(22)15-9-11-21(12-10-15)18(23)19(3,4)5/h13-16H,6-12H2,1-5H3,(H,20,22)/t13-,14+,16-/m1/s1. The molecule has 1 N–H and O–H groups in total. The first-order valence-corrected chi connectivity index (χ1v) is 9.30. The summed E-state index contributed by atoms with van der Waals surface area (Å²) < 4.78 is 0. The van der Waals surface area contributed by atoms with Gasteiger partial charge in [-0.25, -0.2) is 0 Å². The van der Waals surface area contributed by atoms with Crippen LogP contribution in [0.4, 0.5) is 0 Å². The third-order valence-corrected chi connectivity index (χ3v) is 5.83. The first-order chi connectivity index (χ1) is 10.7. The summed E-state index contributed by atoms with van der Waals surface area (Å²) in [6.45, 7) is 11.9. The van der Waals surface area contributed by atoms with Gasteiger partial charge in [-0.1, -0.05) is 47.5 Å². The fraction of sp³-hybridized carbons (Fsp3) is 0.895. The molecular formula is C19H34N2O2. The number of nitrogens with zero attached hydrogens (tertiary/aromatic N) is 1. The van der Waals surface area contributed by atoms with E-state index >= 15 is 0 Å². The highest BCUT2D eigenvalue weighted by Crippen LogP contribution is 2.30. The lowest BCUT2D eigenvalue weighted by Crippen LogP contribution is -2.50. The monoisotopic (exact) mass is 322 g/mol. The van der Waals surface area contributed by atoms with Crippen molar-refractivity contribution in [1.82, 2.24) is 10.2 Å². The number of hydrogen-bond acceptors (Lipinski definition) is 2. The van der Waals surface area contributed by atoms with Crippen molar-refractivity contribution in [2.75, 3.05) is 13.1 Å². The van der Waals surface area contributed by atoms with Crippen molar-refractivity contribution >= 4 is 11.8 Å². The molecule has 1 aliphatic heterocycles. The maximum Gasteiger partial charge on any atom is 0.227 e. The molecule has 0 spiro atoms. The molecule has 0 unspecified atom stereocenters. The second kappa shape index (κ2) is 7.23. The van der Waals surface area contributed by atoms with E-state index in [-0.39, 0.29) is 23.1 Å². The summed E-state index contributed by atoms with van der Waals surface area (Å²) in [6.07, 6.45) is 5.20. The molecule has 0 bridgehead atoms. The van der Waals surface area contributed by atoms with Crippen LogP contribution < -0.4 is 5.32 Å². The van der Waals surface area contributed by atoms with Crippen molar-refractivity contribution in [3.63, 3.8) is 0 Å². The van der Waals surface area contributed by atoms with Crippen molar-refractivity contribution in [2.24, 2.45) is 23.2 Å². The van der Waals surface area contributed by atoms with Crippen LogP contribution in [0.25, 0.3) is 0 Å². The van der Waals surface area contributed by atoms with E-state index < -0.39 is 0 Å². The summed E-state index contributed by atoms with van der Waals surface area (Å²) in [6, 6.07) is 0.334. The lowest BCUT2D eigenvalue weighted by atomic mass is 9.77. The molecule has 3 atom stereocenters. The van der Waals surface area contributed by atoms with E-state index in [1.807, 2.05) is 25.7 Å². The number of piperidine rings is 1. The van der Waals surface area contributed by atoms with E-state index in [2.05, 4.69) is 19.2 Å². The molecular weight excluding hydrogens is 288 g/mol. The minimum Gasteiger partial charge on any atom is -0.353 e. The van der Waals surface area contributed by atoms with Gasteiger partial charge in [-0.05, 0) is 31.1 Å². The molecule has 23 heavy (non-hydrogen) atoms. The van der Waals surface area contributed by atoms with E-state index in [4.69, 9.17) is 0 Å². The highest BCUT2D eigenvalue weighted by molar-refractivity contribution is 5.82. The number of nitrogens with one attached hydrogen (secondary N) is 1. The molecule has 1 saturated heterocycles. The normalized spacial score (nSPS) is 30.1. The molecule has 0 aromatic carbocycles. The highest BCUT2D eigenvalue weighted by Gasteiger charge is 2.34. The molecule has 1 saturated carbocycles. The van der Waals surface area contributed by atoms with Gasteiger partial charge in [0.2, 0.25) is 11.8 Å². The van der Waals surface area contributed by atoms with Crippen LogP contribution in [0, 0.1) is 23.2 Å². The Morgan fingerprint density at radius 1 is 1.00 bits per heavy atom. The summed E-state index contributed by atoms with van der Waals surface area (Å²) in [7, 11) is 0. The average molecular weight is 322 g/mol. The van der Waals surface area contributed by atoms with Crippen molar-refractivity contribution in [1.29, 1.82) is 0 Å². The quantitative estimate of drug-likeness (QED) is 0.848. The number of carbonyl (C=O) groups is 2. The summed E-state index contributed by atoms with van der Waals surface area (Å²) in [5.41, 5.74) is -0.331. The van der Waals surface area contributed by atoms with Crippen molar-refractivity contribution in [2.45, 2.75) is 72.8 Å². The molecule has 4 heteroatoms. The van der Waals surface area contributed by atoms with Gasteiger partial charge in [-0.2, -0.15) is 0 Å². The van der Waals surface area contributed by atoms with Gasteiger partial charge in [-0.15, -0.1) is 0 Å². The molecule has 1 aliphatic carbocycles. The van der Waals surface area contributed by atoms with Crippen LogP contribution in [0.3, 0.4) is 0 Å². The van der Waals surface area contributed by atoms with Gasteiger partial charge in [-0.3, -0.25) is 9.59 Å². The Bertz CT molecular complexity index is 433. The maximum atomic E-state index is 12.6. The van der Waals surface area contributed by atoms with Crippen molar-refractivity contribution in [3.8, 4) is 0 Å². The Hall–Kier alpha value is -1.06. The maximum absolute atomic E-state index is 12.6. The number of amides is 2. The minimum absolute atomic E-state index is 0.0726. The minimum atomic E-state index is -0.331. The predicted molar refractivity (Wildman–Crippen MR) is 92.9 cm³/mol. The zero-order valence-corrected chi connectivity index (χ0v) is 15.5. The van der Waals surface area contributed by atoms with Gasteiger partial charge in [0.1, 0.15) is 0 Å². The van der Waals surface area contributed by atoms with Gasteiger partial charge in [0, 0.05) is 30.5 Å². The number of hydrogen-bond donors (Lipinski definition) is 1. The van der Waals surface area contributed by atoms with Gasteiger partial charge < -0.3 is 10.2 Å². The van der Waals surface area contributed by atoms with Gasteiger partial charge >= 0.3 is 0 Å². The Morgan fingerprint density at radius 3 is 2.17 bits per heavy atom. The molecule has 2 fully saturated rings. The van der Waals surface area contributed by atoms with Crippen molar-refractivity contribution < 1.29 is 9.59 Å². The molecule has 2 rings (SSSR count). The second-order valence-corrected chi connectivity index (χ2v) is 8.70. The van der Waals surface area contributed by atoms with E-state index in [1.54, 1.807) is 0 Å². The van der Waals surface area contributed by atoms with E-state index in [0.717, 1.165) is 19.3 Å². The lowest BCUT2D eigenvalue weighted by molar-refractivity contribution is -0.142. The van der Waals surface area contributed by atoms with E-state index in [1.165, 1.54) is 12.8 Å². The number of likely N-dealkylation sites (tertiary alicyclic amines) is 1. The van der Waals surface area contributed by atoms with E-state index in [0.29, 0.717) is 31.0 Å². The third-order valence-electron chi connectivity index (χ3n) is 5.83. The molecule has 1 heterocycles. The molecule has 0 aromatic rings. The van der Waals surface area contributed by atoms with Crippen LogP contribution in [-0.4, -0.2) is 35.8 Å². The fourth-order valence-corrected chi connectivity index (χ4v) is 3.91. The lowest BCUT2D eigenvalue weighted by Gasteiger charge is -2.38. The Morgan fingerprint density at radius 2 is 1.61 bits per heavy atom. The Balaban J connectivity index is 1.83. The number of rotatable bonds is 2. The molecule has 0 aromatic heterocycles. The molecule has 0 radical (unpaired) electrons. The molecule has 2 amide bonds. The largest absolute Gasteiger partial charge is 0.353 e. The van der Waals surface area contributed by atoms with Gasteiger partial charge in [0.15, 0.2) is 0 Å². The Labute approximate surface area is 141 Å². The topological polar surface area (TPSA) is 49.4 Å². The SMILES string of the molecule is C[C@H]1[C@H](C)CCC[C@H]1NC(=O)C1CCN(C(=O)C(C)(C)C)CC1. The molecule has 2 aliphatic rings. The summed E-state index contributed by atoms with van der Waals surface area (Å²) in [5, 5.41) is 3.30.